The number of alkyl carbamates (subject to hydrolysis) is 1. The SMILES string of the molecule is COC(=O)[C@H](Cc1cccc(C(F)(F)F)c1)NC(=O)C[C@H](O)CNC(=O)OCc1ccccc1. The molecule has 0 saturated carbocycles. The second-order valence-electron chi connectivity index (χ2n) is 7.35. The molecule has 0 fully saturated rings. The molecule has 11 heteroatoms. The van der Waals surface area contributed by atoms with Gasteiger partial charge in [-0.2, -0.15) is 13.2 Å². The monoisotopic (exact) mass is 482 g/mol. The molecule has 0 radical (unpaired) electrons. The Kier molecular flexibility index (Phi) is 9.87. The summed E-state index contributed by atoms with van der Waals surface area (Å²) in [4.78, 5) is 36.0. The molecule has 8 nitrogen and oxygen atoms in total. The highest BCUT2D eigenvalue weighted by Crippen LogP contribution is 2.29. The van der Waals surface area contributed by atoms with Crippen LogP contribution in [0.15, 0.2) is 54.6 Å². The number of benzene rings is 2. The van der Waals surface area contributed by atoms with Crippen LogP contribution in [0, 0.1) is 0 Å². The van der Waals surface area contributed by atoms with E-state index < -0.39 is 48.3 Å². The third-order valence-electron chi connectivity index (χ3n) is 4.63. The molecule has 0 bridgehead atoms. The van der Waals surface area contributed by atoms with Crippen LogP contribution in [0.2, 0.25) is 0 Å². The van der Waals surface area contributed by atoms with E-state index in [1.54, 1.807) is 24.3 Å². The topological polar surface area (TPSA) is 114 Å². The fourth-order valence-electron chi connectivity index (χ4n) is 2.96. The van der Waals surface area contributed by atoms with Crippen molar-refractivity contribution in [1.29, 1.82) is 0 Å². The zero-order valence-electron chi connectivity index (χ0n) is 18.3. The van der Waals surface area contributed by atoms with E-state index in [1.165, 1.54) is 12.1 Å². The van der Waals surface area contributed by atoms with Gasteiger partial charge >= 0.3 is 18.2 Å². The Morgan fingerprint density at radius 2 is 1.71 bits per heavy atom. The summed E-state index contributed by atoms with van der Waals surface area (Å²) < 4.78 is 48.4. The molecule has 0 aliphatic rings. The van der Waals surface area contributed by atoms with Crippen molar-refractivity contribution in [3.63, 3.8) is 0 Å². The predicted octanol–water partition coefficient (Wildman–Crippen LogP) is 2.58. The highest BCUT2D eigenvalue weighted by atomic mass is 19.4. The second kappa shape index (κ2) is 12.6. The maximum absolute atomic E-state index is 12.9. The average molecular weight is 482 g/mol. The Bertz CT molecular complexity index is 969. The van der Waals surface area contributed by atoms with Gasteiger partial charge in [0, 0.05) is 13.0 Å². The van der Waals surface area contributed by atoms with Crippen molar-refractivity contribution >= 4 is 18.0 Å². The van der Waals surface area contributed by atoms with Crippen LogP contribution in [-0.2, 0) is 38.3 Å². The molecule has 2 atom stereocenters. The van der Waals surface area contributed by atoms with Crippen molar-refractivity contribution in [2.75, 3.05) is 13.7 Å². The average Bonchev–Trinajstić information content (AvgIpc) is 2.80. The van der Waals surface area contributed by atoms with Gasteiger partial charge in [0.15, 0.2) is 0 Å². The molecule has 3 N–H and O–H groups in total. The number of hydrogen-bond donors (Lipinski definition) is 3. The van der Waals surface area contributed by atoms with Crippen LogP contribution >= 0.6 is 0 Å². The second-order valence-corrected chi connectivity index (χ2v) is 7.35. The van der Waals surface area contributed by atoms with Crippen molar-refractivity contribution in [2.45, 2.75) is 37.8 Å². The van der Waals surface area contributed by atoms with E-state index in [4.69, 9.17) is 4.74 Å². The van der Waals surface area contributed by atoms with Gasteiger partial charge in [0.25, 0.3) is 0 Å². The highest BCUT2D eigenvalue weighted by Gasteiger charge is 2.31. The lowest BCUT2D eigenvalue weighted by molar-refractivity contribution is -0.145. The quantitative estimate of drug-likeness (QED) is 0.449. The molecule has 0 saturated heterocycles. The maximum Gasteiger partial charge on any atom is 0.416 e. The molecule has 0 spiro atoms. The van der Waals surface area contributed by atoms with Crippen molar-refractivity contribution in [3.8, 4) is 0 Å². The molecule has 0 aromatic heterocycles. The fraction of sp³-hybridized carbons (Fsp3) is 0.348. The minimum atomic E-state index is -4.56. The van der Waals surface area contributed by atoms with Gasteiger partial charge in [-0.15, -0.1) is 0 Å². The molecule has 2 rings (SSSR count). The molecule has 34 heavy (non-hydrogen) atoms. The van der Waals surface area contributed by atoms with E-state index in [9.17, 15) is 32.7 Å². The molecule has 2 aromatic carbocycles. The molecule has 2 amide bonds. The van der Waals surface area contributed by atoms with Gasteiger partial charge in [-0.05, 0) is 17.2 Å². The molecule has 0 heterocycles. The Balaban J connectivity index is 1.84. The molecular formula is C23H25F3N2O6. The number of carbonyl (C=O) groups excluding carboxylic acids is 3. The normalized spacial score (nSPS) is 12.9. The number of hydrogen-bond acceptors (Lipinski definition) is 6. The third kappa shape index (κ3) is 9.10. The summed E-state index contributed by atoms with van der Waals surface area (Å²) in [5.74, 6) is -1.61. The lowest BCUT2D eigenvalue weighted by Crippen LogP contribution is -2.45. The van der Waals surface area contributed by atoms with E-state index >= 15 is 0 Å². The fourth-order valence-corrected chi connectivity index (χ4v) is 2.96. The molecule has 0 aliphatic heterocycles. The van der Waals surface area contributed by atoms with Crippen LogP contribution in [0.5, 0.6) is 0 Å². The largest absolute Gasteiger partial charge is 0.467 e. The van der Waals surface area contributed by atoms with Crippen LogP contribution in [0.3, 0.4) is 0 Å². The number of alkyl halides is 3. The zero-order valence-corrected chi connectivity index (χ0v) is 18.3. The molecule has 184 valence electrons. The third-order valence-corrected chi connectivity index (χ3v) is 4.63. The number of aliphatic hydroxyl groups is 1. The Morgan fingerprint density at radius 1 is 1.03 bits per heavy atom. The number of ether oxygens (including phenoxy) is 2. The minimum Gasteiger partial charge on any atom is -0.467 e. The number of rotatable bonds is 10. The summed E-state index contributed by atoms with van der Waals surface area (Å²) in [7, 11) is 1.08. The number of amides is 2. The Hall–Kier alpha value is -3.60. The number of aliphatic hydroxyl groups excluding tert-OH is 1. The van der Waals surface area contributed by atoms with E-state index in [0.29, 0.717) is 0 Å². The Morgan fingerprint density at radius 3 is 2.35 bits per heavy atom. The van der Waals surface area contributed by atoms with E-state index in [0.717, 1.165) is 24.8 Å². The van der Waals surface area contributed by atoms with E-state index in [2.05, 4.69) is 15.4 Å². The van der Waals surface area contributed by atoms with Crippen molar-refractivity contribution in [2.24, 2.45) is 0 Å². The number of esters is 1. The van der Waals surface area contributed by atoms with Gasteiger partial charge < -0.3 is 25.2 Å². The molecular weight excluding hydrogens is 457 g/mol. The van der Waals surface area contributed by atoms with Crippen LogP contribution in [0.1, 0.15) is 23.1 Å². The first-order valence-electron chi connectivity index (χ1n) is 10.2. The lowest BCUT2D eigenvalue weighted by Gasteiger charge is -2.19. The predicted molar refractivity (Wildman–Crippen MR) is 114 cm³/mol. The summed E-state index contributed by atoms with van der Waals surface area (Å²) in [6, 6.07) is 12.0. The number of carbonyl (C=O) groups is 3. The van der Waals surface area contributed by atoms with Crippen LogP contribution in [-0.4, -0.2) is 48.9 Å². The van der Waals surface area contributed by atoms with Gasteiger partial charge in [-0.25, -0.2) is 9.59 Å². The van der Waals surface area contributed by atoms with Crippen LogP contribution < -0.4 is 10.6 Å². The first-order valence-corrected chi connectivity index (χ1v) is 10.2. The smallest absolute Gasteiger partial charge is 0.416 e. The molecule has 0 aliphatic carbocycles. The zero-order chi connectivity index (χ0) is 25.1. The first-order chi connectivity index (χ1) is 16.1. The number of halogens is 3. The van der Waals surface area contributed by atoms with Gasteiger partial charge in [-0.3, -0.25) is 4.79 Å². The summed E-state index contributed by atoms with van der Waals surface area (Å²) in [5.41, 5.74) is 0.0432. The molecule has 2 aromatic rings. The van der Waals surface area contributed by atoms with Crippen molar-refractivity contribution in [3.05, 3.63) is 71.3 Å². The minimum absolute atomic E-state index is 0.0274. The number of methoxy groups -OCH3 is 1. The summed E-state index contributed by atoms with van der Waals surface area (Å²) >= 11 is 0. The Labute approximate surface area is 194 Å². The first kappa shape index (κ1) is 26.7. The highest BCUT2D eigenvalue weighted by molar-refractivity contribution is 5.85. The van der Waals surface area contributed by atoms with Gasteiger partial charge in [0.05, 0.1) is 25.2 Å². The van der Waals surface area contributed by atoms with Gasteiger partial charge in [-0.1, -0.05) is 48.5 Å². The molecule has 0 unspecified atom stereocenters. The van der Waals surface area contributed by atoms with E-state index in [-0.39, 0.29) is 25.1 Å². The lowest BCUT2D eigenvalue weighted by atomic mass is 10.0. The van der Waals surface area contributed by atoms with Gasteiger partial charge in [0.2, 0.25) is 5.91 Å². The van der Waals surface area contributed by atoms with Crippen molar-refractivity contribution in [1.82, 2.24) is 10.6 Å². The summed E-state index contributed by atoms with van der Waals surface area (Å²) in [6.07, 6.45) is -7.37. The number of nitrogens with one attached hydrogen (secondary N) is 2. The maximum atomic E-state index is 12.9. The van der Waals surface area contributed by atoms with E-state index in [1.807, 2.05) is 6.07 Å². The van der Waals surface area contributed by atoms with Gasteiger partial charge in [0.1, 0.15) is 12.6 Å². The summed E-state index contributed by atoms with van der Waals surface area (Å²) in [5, 5.41) is 14.7. The van der Waals surface area contributed by atoms with Crippen LogP contribution in [0.4, 0.5) is 18.0 Å². The standard InChI is InChI=1S/C23H25F3N2O6/c1-33-21(31)19(11-16-8-5-9-17(10-16)23(24,25)26)28-20(30)12-18(29)13-27-22(32)34-14-15-6-3-2-4-7-15/h2-10,18-19,29H,11-14H2,1H3,(H,27,32)(H,28,30)/t18-,19-/m0/s1. The van der Waals surface area contributed by atoms with Crippen LogP contribution in [0.25, 0.3) is 0 Å². The van der Waals surface area contributed by atoms with Crippen molar-refractivity contribution < 1.29 is 42.1 Å². The summed E-state index contributed by atoms with van der Waals surface area (Å²) in [6.45, 7) is -0.267.